The summed E-state index contributed by atoms with van der Waals surface area (Å²) in [5.74, 6) is 0. The van der Waals surface area contributed by atoms with Crippen molar-refractivity contribution in [3.05, 3.63) is 70.8 Å². The van der Waals surface area contributed by atoms with Gasteiger partial charge in [-0.3, -0.25) is 0 Å². The van der Waals surface area contributed by atoms with E-state index in [2.05, 4.69) is 46.3 Å². The third-order valence-corrected chi connectivity index (χ3v) is 3.32. The minimum atomic E-state index is 0.700. The van der Waals surface area contributed by atoms with Crippen molar-refractivity contribution in [3.8, 4) is 6.07 Å². The van der Waals surface area contributed by atoms with Crippen LogP contribution in [0, 0.1) is 11.3 Å². The van der Waals surface area contributed by atoms with Crippen LogP contribution in [0.2, 0.25) is 0 Å². The molecule has 0 saturated heterocycles. The van der Waals surface area contributed by atoms with Gasteiger partial charge in [0, 0.05) is 5.33 Å². The molecule has 18 heavy (non-hydrogen) atoms. The van der Waals surface area contributed by atoms with Gasteiger partial charge in [0.05, 0.1) is 11.6 Å². The first-order chi connectivity index (χ1) is 8.83. The highest BCUT2D eigenvalue weighted by molar-refractivity contribution is 9.08. The van der Waals surface area contributed by atoms with E-state index in [0.717, 1.165) is 16.5 Å². The predicted octanol–water partition coefficient (Wildman–Crippen LogP) is 4.62. The van der Waals surface area contributed by atoms with Crippen LogP contribution in [0.4, 0.5) is 0 Å². The summed E-state index contributed by atoms with van der Waals surface area (Å²) in [6.45, 7) is 0. The monoisotopic (exact) mass is 297 g/mol. The first kappa shape index (κ1) is 12.6. The number of hydrogen-bond donors (Lipinski definition) is 0. The molecule has 0 unspecified atom stereocenters. The van der Waals surface area contributed by atoms with Crippen LogP contribution in [0.15, 0.2) is 48.5 Å². The van der Waals surface area contributed by atoms with Gasteiger partial charge in [-0.2, -0.15) is 5.26 Å². The van der Waals surface area contributed by atoms with E-state index in [-0.39, 0.29) is 0 Å². The molecule has 2 aromatic carbocycles. The average molecular weight is 298 g/mol. The molecule has 0 aliphatic rings. The maximum atomic E-state index is 8.99. The van der Waals surface area contributed by atoms with Gasteiger partial charge in [0.25, 0.3) is 0 Å². The largest absolute Gasteiger partial charge is 0.192 e. The quantitative estimate of drug-likeness (QED) is 0.599. The molecular formula is C16H12BrN. The molecule has 0 fully saturated rings. The normalized spacial score (nSPS) is 10.4. The molecule has 0 bridgehead atoms. The van der Waals surface area contributed by atoms with Crippen molar-refractivity contribution in [2.24, 2.45) is 0 Å². The van der Waals surface area contributed by atoms with E-state index < -0.39 is 0 Å². The topological polar surface area (TPSA) is 23.8 Å². The molecular weight excluding hydrogens is 286 g/mol. The zero-order valence-corrected chi connectivity index (χ0v) is 11.4. The van der Waals surface area contributed by atoms with Crippen molar-refractivity contribution < 1.29 is 0 Å². The minimum Gasteiger partial charge on any atom is -0.192 e. The van der Waals surface area contributed by atoms with Crippen LogP contribution in [-0.2, 0) is 5.33 Å². The van der Waals surface area contributed by atoms with Crippen molar-refractivity contribution in [1.82, 2.24) is 0 Å². The van der Waals surface area contributed by atoms with Crippen LogP contribution in [0.3, 0.4) is 0 Å². The molecule has 0 N–H and O–H groups in total. The van der Waals surface area contributed by atoms with Gasteiger partial charge in [0.1, 0.15) is 0 Å². The van der Waals surface area contributed by atoms with Gasteiger partial charge in [-0.15, -0.1) is 0 Å². The molecule has 0 atom stereocenters. The Labute approximate surface area is 116 Å². The van der Waals surface area contributed by atoms with Crippen LogP contribution >= 0.6 is 15.9 Å². The Morgan fingerprint density at radius 1 is 1.00 bits per heavy atom. The molecule has 0 aliphatic heterocycles. The zero-order valence-electron chi connectivity index (χ0n) is 9.81. The Morgan fingerprint density at radius 3 is 2.39 bits per heavy atom. The van der Waals surface area contributed by atoms with Gasteiger partial charge in [-0.25, -0.2) is 0 Å². The fourth-order valence-corrected chi connectivity index (χ4v) is 2.02. The van der Waals surface area contributed by atoms with Crippen molar-refractivity contribution >= 4 is 28.1 Å². The molecule has 2 aromatic rings. The van der Waals surface area contributed by atoms with Crippen LogP contribution in [0.25, 0.3) is 12.2 Å². The Morgan fingerprint density at radius 2 is 1.72 bits per heavy atom. The Kier molecular flexibility index (Phi) is 4.33. The second-order valence-electron chi connectivity index (χ2n) is 3.91. The zero-order chi connectivity index (χ0) is 12.8. The number of nitriles is 1. The standard InChI is InChI=1S/C16H12BrN/c17-11-14-7-5-13(6-8-14)9-10-15-3-1-2-4-16(15)12-18/h1-10H,11H2/b10-9+. The van der Waals surface area contributed by atoms with Crippen molar-refractivity contribution in [1.29, 1.82) is 5.26 Å². The molecule has 0 saturated carbocycles. The Hall–Kier alpha value is -1.85. The molecule has 0 amide bonds. The molecule has 0 heterocycles. The molecule has 0 spiro atoms. The SMILES string of the molecule is N#Cc1ccccc1/C=C/c1ccc(CBr)cc1. The lowest BCUT2D eigenvalue weighted by Gasteiger charge is -1.98. The molecule has 2 rings (SSSR count). The summed E-state index contributed by atoms with van der Waals surface area (Å²) >= 11 is 3.42. The summed E-state index contributed by atoms with van der Waals surface area (Å²) in [5, 5.41) is 9.86. The lowest BCUT2D eigenvalue weighted by molar-refractivity contribution is 1.43. The van der Waals surface area contributed by atoms with Gasteiger partial charge in [0.15, 0.2) is 0 Å². The van der Waals surface area contributed by atoms with Crippen LogP contribution in [0.1, 0.15) is 22.3 Å². The minimum absolute atomic E-state index is 0.700. The summed E-state index contributed by atoms with van der Waals surface area (Å²) in [4.78, 5) is 0. The highest BCUT2D eigenvalue weighted by atomic mass is 79.9. The van der Waals surface area contributed by atoms with E-state index in [1.165, 1.54) is 5.56 Å². The van der Waals surface area contributed by atoms with E-state index in [0.29, 0.717) is 5.56 Å². The second-order valence-corrected chi connectivity index (χ2v) is 4.47. The highest BCUT2D eigenvalue weighted by Gasteiger charge is 1.96. The fourth-order valence-electron chi connectivity index (χ4n) is 1.65. The molecule has 0 aliphatic carbocycles. The van der Waals surface area contributed by atoms with Gasteiger partial charge >= 0.3 is 0 Å². The van der Waals surface area contributed by atoms with E-state index in [9.17, 15) is 0 Å². The number of hydrogen-bond acceptors (Lipinski definition) is 1. The molecule has 1 nitrogen and oxygen atoms in total. The van der Waals surface area contributed by atoms with Crippen molar-refractivity contribution in [2.45, 2.75) is 5.33 Å². The molecule has 88 valence electrons. The number of halogens is 1. The third kappa shape index (κ3) is 3.09. The molecule has 0 aromatic heterocycles. The lowest BCUT2D eigenvalue weighted by atomic mass is 10.1. The Balaban J connectivity index is 2.22. The van der Waals surface area contributed by atoms with Crippen LogP contribution < -0.4 is 0 Å². The van der Waals surface area contributed by atoms with Gasteiger partial charge in [0.2, 0.25) is 0 Å². The number of rotatable bonds is 3. The Bertz CT molecular complexity index is 591. The molecule has 0 radical (unpaired) electrons. The summed E-state index contributed by atoms with van der Waals surface area (Å²) in [6, 6.07) is 18.1. The van der Waals surface area contributed by atoms with Crippen molar-refractivity contribution in [3.63, 3.8) is 0 Å². The fraction of sp³-hybridized carbons (Fsp3) is 0.0625. The summed E-state index contributed by atoms with van der Waals surface area (Å²) in [6.07, 6.45) is 4.00. The maximum absolute atomic E-state index is 8.99. The van der Waals surface area contributed by atoms with Crippen molar-refractivity contribution in [2.75, 3.05) is 0 Å². The number of nitrogens with zero attached hydrogens (tertiary/aromatic N) is 1. The number of alkyl halides is 1. The van der Waals surface area contributed by atoms with Gasteiger partial charge < -0.3 is 0 Å². The average Bonchev–Trinajstić information content (AvgIpc) is 2.46. The van der Waals surface area contributed by atoms with E-state index in [4.69, 9.17) is 5.26 Å². The third-order valence-electron chi connectivity index (χ3n) is 2.67. The maximum Gasteiger partial charge on any atom is 0.0997 e. The van der Waals surface area contributed by atoms with Crippen LogP contribution in [0.5, 0.6) is 0 Å². The summed E-state index contributed by atoms with van der Waals surface area (Å²) in [5.41, 5.74) is 4.03. The van der Waals surface area contributed by atoms with Crippen LogP contribution in [-0.4, -0.2) is 0 Å². The van der Waals surface area contributed by atoms with E-state index in [1.807, 2.05) is 36.4 Å². The smallest absolute Gasteiger partial charge is 0.0997 e. The first-order valence-electron chi connectivity index (χ1n) is 5.65. The van der Waals surface area contributed by atoms with Gasteiger partial charge in [-0.1, -0.05) is 70.5 Å². The molecule has 2 heteroatoms. The second kappa shape index (κ2) is 6.18. The van der Waals surface area contributed by atoms with E-state index >= 15 is 0 Å². The summed E-state index contributed by atoms with van der Waals surface area (Å²) < 4.78 is 0. The first-order valence-corrected chi connectivity index (χ1v) is 6.78. The predicted molar refractivity (Wildman–Crippen MR) is 79.2 cm³/mol. The van der Waals surface area contributed by atoms with Gasteiger partial charge in [-0.05, 0) is 22.8 Å². The summed E-state index contributed by atoms with van der Waals surface area (Å²) in [7, 11) is 0. The number of benzene rings is 2. The highest BCUT2D eigenvalue weighted by Crippen LogP contribution is 2.14. The van der Waals surface area contributed by atoms with E-state index in [1.54, 1.807) is 0 Å². The lowest BCUT2D eigenvalue weighted by Crippen LogP contribution is -1.80.